The van der Waals surface area contributed by atoms with Crippen molar-refractivity contribution in [1.82, 2.24) is 4.72 Å². The van der Waals surface area contributed by atoms with Gasteiger partial charge in [-0.1, -0.05) is 12.1 Å². The molecule has 1 aromatic carbocycles. The fourth-order valence-electron chi connectivity index (χ4n) is 1.61. The number of aryl methyl sites for hydroxylation is 2. The number of benzene rings is 1. The van der Waals surface area contributed by atoms with Crippen molar-refractivity contribution in [2.24, 2.45) is 0 Å². The van der Waals surface area contributed by atoms with Crippen LogP contribution in [0, 0.1) is 13.8 Å². The number of aliphatic hydroxyl groups excluding tert-OH is 1. The smallest absolute Gasteiger partial charge is 0.243 e. The van der Waals surface area contributed by atoms with Gasteiger partial charge in [-0.2, -0.15) is 0 Å². The maximum Gasteiger partial charge on any atom is 0.243 e. The lowest BCUT2D eigenvalue weighted by atomic mass is 10.1. The Hall–Kier alpha value is -1.11. The fourth-order valence-corrected chi connectivity index (χ4v) is 3.45. The number of sulfonamides is 1. The summed E-state index contributed by atoms with van der Waals surface area (Å²) < 4.78 is 27.0. The summed E-state index contributed by atoms with van der Waals surface area (Å²) in [5.74, 6) is 0. The monoisotopic (exact) mass is 272 g/mol. The molecule has 4 N–H and O–H groups in total. The maximum absolute atomic E-state index is 12.3. The Kier molecular flexibility index (Phi) is 4.05. The predicted octanol–water partition coefficient (Wildman–Crippen LogP) is 0.935. The van der Waals surface area contributed by atoms with Gasteiger partial charge in [0.2, 0.25) is 10.0 Å². The summed E-state index contributed by atoms with van der Waals surface area (Å²) in [6.45, 7) is 6.36. The highest BCUT2D eigenvalue weighted by Gasteiger charge is 2.28. The standard InChI is InChI=1S/C12H20N2O3S/c1-8-5-6-9(2)11(10(8)13)18(16,17)14-12(3,4)7-15/h5-6,14-15H,7,13H2,1-4H3. The summed E-state index contributed by atoms with van der Waals surface area (Å²) in [4.78, 5) is 0.0871. The molecule has 0 aliphatic rings. The van der Waals surface area contributed by atoms with Crippen molar-refractivity contribution in [2.75, 3.05) is 12.3 Å². The Labute approximate surface area is 108 Å². The molecule has 0 spiro atoms. The molecule has 0 unspecified atom stereocenters. The van der Waals surface area contributed by atoms with Crippen LogP contribution in [0.5, 0.6) is 0 Å². The first-order chi connectivity index (χ1) is 8.10. The predicted molar refractivity (Wildman–Crippen MR) is 71.8 cm³/mol. The van der Waals surface area contributed by atoms with E-state index in [9.17, 15) is 8.42 Å². The number of nitrogens with one attached hydrogen (secondary N) is 1. The average Bonchev–Trinajstić information content (AvgIpc) is 2.22. The highest BCUT2D eigenvalue weighted by atomic mass is 32.2. The summed E-state index contributed by atoms with van der Waals surface area (Å²) in [5.41, 5.74) is 6.46. The van der Waals surface area contributed by atoms with Crippen molar-refractivity contribution in [3.8, 4) is 0 Å². The molecule has 0 aliphatic heterocycles. The lowest BCUT2D eigenvalue weighted by Crippen LogP contribution is -2.46. The Bertz CT molecular complexity index is 551. The molecule has 1 aromatic rings. The summed E-state index contributed by atoms with van der Waals surface area (Å²) >= 11 is 0. The molecule has 0 atom stereocenters. The number of hydrogen-bond acceptors (Lipinski definition) is 4. The molecule has 0 amide bonds. The van der Waals surface area contributed by atoms with Crippen LogP contribution in [0.1, 0.15) is 25.0 Å². The van der Waals surface area contributed by atoms with Crippen LogP contribution in [0.2, 0.25) is 0 Å². The number of rotatable bonds is 4. The van der Waals surface area contributed by atoms with Gasteiger partial charge in [-0.3, -0.25) is 0 Å². The minimum absolute atomic E-state index is 0.0871. The van der Waals surface area contributed by atoms with Gasteiger partial charge in [-0.25, -0.2) is 13.1 Å². The first kappa shape index (κ1) is 14.9. The summed E-state index contributed by atoms with van der Waals surface area (Å²) in [6, 6.07) is 3.49. The van der Waals surface area contributed by atoms with Crippen LogP contribution in [-0.2, 0) is 10.0 Å². The molecule has 0 saturated heterocycles. The highest BCUT2D eigenvalue weighted by molar-refractivity contribution is 7.89. The molecule has 0 bridgehead atoms. The van der Waals surface area contributed by atoms with Gasteiger partial charge in [-0.05, 0) is 38.8 Å². The first-order valence-electron chi connectivity index (χ1n) is 5.61. The number of anilines is 1. The van der Waals surface area contributed by atoms with Crippen LogP contribution in [0.25, 0.3) is 0 Å². The second-order valence-electron chi connectivity index (χ2n) is 5.09. The quantitative estimate of drug-likeness (QED) is 0.711. The Morgan fingerprint density at radius 3 is 2.28 bits per heavy atom. The van der Waals surface area contributed by atoms with E-state index in [0.717, 1.165) is 0 Å². The summed E-state index contributed by atoms with van der Waals surface area (Å²) in [5, 5.41) is 9.14. The minimum Gasteiger partial charge on any atom is -0.397 e. The van der Waals surface area contributed by atoms with Crippen molar-refractivity contribution < 1.29 is 13.5 Å². The van der Waals surface area contributed by atoms with Crippen LogP contribution < -0.4 is 10.5 Å². The van der Waals surface area contributed by atoms with Gasteiger partial charge in [0.15, 0.2) is 0 Å². The van der Waals surface area contributed by atoms with Gasteiger partial charge in [0, 0.05) is 0 Å². The topological polar surface area (TPSA) is 92.4 Å². The Morgan fingerprint density at radius 1 is 1.28 bits per heavy atom. The largest absolute Gasteiger partial charge is 0.397 e. The van der Waals surface area contributed by atoms with Crippen LogP contribution in [0.3, 0.4) is 0 Å². The zero-order valence-electron chi connectivity index (χ0n) is 11.1. The zero-order valence-corrected chi connectivity index (χ0v) is 11.9. The third-order valence-electron chi connectivity index (χ3n) is 2.69. The van der Waals surface area contributed by atoms with Crippen LogP contribution in [0.4, 0.5) is 5.69 Å². The molecule has 0 saturated carbocycles. The van der Waals surface area contributed by atoms with Crippen LogP contribution in [-0.4, -0.2) is 25.7 Å². The van der Waals surface area contributed by atoms with Crippen molar-refractivity contribution >= 4 is 15.7 Å². The number of nitrogen functional groups attached to an aromatic ring is 1. The maximum atomic E-state index is 12.3. The second-order valence-corrected chi connectivity index (χ2v) is 6.71. The number of aliphatic hydroxyl groups is 1. The van der Waals surface area contributed by atoms with E-state index < -0.39 is 15.6 Å². The van der Waals surface area contributed by atoms with Gasteiger partial charge in [0.1, 0.15) is 4.90 Å². The molecule has 0 heterocycles. The van der Waals surface area contributed by atoms with E-state index in [-0.39, 0.29) is 17.2 Å². The van der Waals surface area contributed by atoms with E-state index in [1.54, 1.807) is 39.8 Å². The summed E-state index contributed by atoms with van der Waals surface area (Å²) in [7, 11) is -3.75. The molecule has 0 radical (unpaired) electrons. The lowest BCUT2D eigenvalue weighted by Gasteiger charge is -2.24. The van der Waals surface area contributed by atoms with E-state index in [1.165, 1.54) is 0 Å². The molecule has 0 aliphatic carbocycles. The third kappa shape index (κ3) is 3.01. The van der Waals surface area contributed by atoms with Gasteiger partial charge in [0.25, 0.3) is 0 Å². The van der Waals surface area contributed by atoms with Gasteiger partial charge in [0.05, 0.1) is 17.8 Å². The van der Waals surface area contributed by atoms with E-state index in [1.807, 2.05) is 0 Å². The zero-order chi connectivity index (χ0) is 14.1. The minimum atomic E-state index is -3.75. The van der Waals surface area contributed by atoms with Crippen molar-refractivity contribution in [3.63, 3.8) is 0 Å². The Balaban J connectivity index is 3.34. The van der Waals surface area contributed by atoms with Crippen molar-refractivity contribution in [2.45, 2.75) is 38.1 Å². The van der Waals surface area contributed by atoms with Gasteiger partial charge >= 0.3 is 0 Å². The molecule has 5 nitrogen and oxygen atoms in total. The molecular formula is C12H20N2O3S. The van der Waals surface area contributed by atoms with Gasteiger partial charge < -0.3 is 10.8 Å². The van der Waals surface area contributed by atoms with Gasteiger partial charge in [-0.15, -0.1) is 0 Å². The lowest BCUT2D eigenvalue weighted by molar-refractivity contribution is 0.208. The number of nitrogens with two attached hydrogens (primary N) is 1. The Morgan fingerprint density at radius 2 is 1.78 bits per heavy atom. The first-order valence-corrected chi connectivity index (χ1v) is 7.09. The van der Waals surface area contributed by atoms with Crippen LogP contribution in [0.15, 0.2) is 17.0 Å². The third-order valence-corrected chi connectivity index (χ3v) is 4.59. The fraction of sp³-hybridized carbons (Fsp3) is 0.500. The molecule has 102 valence electrons. The molecule has 0 aromatic heterocycles. The van der Waals surface area contributed by atoms with Crippen molar-refractivity contribution in [1.29, 1.82) is 0 Å². The van der Waals surface area contributed by atoms with Crippen molar-refractivity contribution in [3.05, 3.63) is 23.3 Å². The molecular weight excluding hydrogens is 252 g/mol. The second kappa shape index (κ2) is 4.87. The highest BCUT2D eigenvalue weighted by Crippen LogP contribution is 2.26. The number of hydrogen-bond donors (Lipinski definition) is 3. The molecule has 1 rings (SSSR count). The SMILES string of the molecule is Cc1ccc(C)c(S(=O)(=O)NC(C)(C)CO)c1N. The molecule has 0 fully saturated rings. The normalized spacial score (nSPS) is 12.7. The molecule has 18 heavy (non-hydrogen) atoms. The van der Waals surface area contributed by atoms with E-state index in [2.05, 4.69) is 4.72 Å². The van der Waals surface area contributed by atoms with E-state index in [4.69, 9.17) is 10.8 Å². The average molecular weight is 272 g/mol. The molecule has 6 heteroatoms. The summed E-state index contributed by atoms with van der Waals surface area (Å²) in [6.07, 6.45) is 0. The van der Waals surface area contributed by atoms with Crippen LogP contribution >= 0.6 is 0 Å². The van der Waals surface area contributed by atoms with E-state index in [0.29, 0.717) is 11.1 Å². The van der Waals surface area contributed by atoms with E-state index >= 15 is 0 Å².